The second-order valence-corrected chi connectivity index (χ2v) is 3.85. The van der Waals surface area contributed by atoms with E-state index in [9.17, 15) is 4.79 Å². The van der Waals surface area contributed by atoms with E-state index in [0.717, 1.165) is 6.42 Å². The van der Waals surface area contributed by atoms with Crippen molar-refractivity contribution in [3.05, 3.63) is 11.4 Å². The summed E-state index contributed by atoms with van der Waals surface area (Å²) in [6, 6.07) is 3.17. The SMILES string of the molecule is CCOC(=O)C(C)N1CCCNC1=C(C#N)C#N. The van der Waals surface area contributed by atoms with E-state index in [4.69, 9.17) is 15.3 Å². The number of hydrogen-bond acceptors (Lipinski definition) is 6. The van der Waals surface area contributed by atoms with Crippen LogP contribution in [0.5, 0.6) is 0 Å². The molecule has 0 aromatic carbocycles. The molecule has 1 rings (SSSR count). The molecular weight excluding hydrogens is 232 g/mol. The predicted molar refractivity (Wildman–Crippen MR) is 63.7 cm³/mol. The Bertz CT molecular complexity index is 414. The zero-order valence-corrected chi connectivity index (χ0v) is 10.6. The molecule has 96 valence electrons. The van der Waals surface area contributed by atoms with Crippen molar-refractivity contribution in [2.75, 3.05) is 19.7 Å². The Kier molecular flexibility index (Phi) is 5.01. The first-order valence-electron chi connectivity index (χ1n) is 5.87. The van der Waals surface area contributed by atoms with Crippen LogP contribution < -0.4 is 5.32 Å². The molecule has 18 heavy (non-hydrogen) atoms. The van der Waals surface area contributed by atoms with E-state index in [-0.39, 0.29) is 11.5 Å². The molecule has 1 saturated heterocycles. The van der Waals surface area contributed by atoms with Crippen molar-refractivity contribution >= 4 is 5.97 Å². The molecule has 0 aliphatic carbocycles. The fourth-order valence-electron chi connectivity index (χ4n) is 1.81. The van der Waals surface area contributed by atoms with Crippen molar-refractivity contribution in [2.45, 2.75) is 26.3 Å². The van der Waals surface area contributed by atoms with Crippen LogP contribution >= 0.6 is 0 Å². The highest BCUT2D eigenvalue weighted by molar-refractivity contribution is 5.75. The van der Waals surface area contributed by atoms with Crippen LogP contribution in [0.1, 0.15) is 20.3 Å². The molecule has 6 heteroatoms. The van der Waals surface area contributed by atoms with Gasteiger partial charge in [0.05, 0.1) is 6.61 Å². The van der Waals surface area contributed by atoms with Crippen LogP contribution in [0.15, 0.2) is 11.4 Å². The van der Waals surface area contributed by atoms with Crippen LogP contribution in [-0.4, -0.2) is 36.6 Å². The van der Waals surface area contributed by atoms with E-state index in [1.165, 1.54) is 0 Å². The maximum absolute atomic E-state index is 11.7. The molecule has 0 aromatic rings. The maximum Gasteiger partial charge on any atom is 0.328 e. The first-order chi connectivity index (χ1) is 8.65. The summed E-state index contributed by atoms with van der Waals surface area (Å²) in [4.78, 5) is 13.4. The average molecular weight is 248 g/mol. The Morgan fingerprint density at radius 1 is 1.56 bits per heavy atom. The highest BCUT2D eigenvalue weighted by atomic mass is 16.5. The Hall–Kier alpha value is -2.21. The fraction of sp³-hybridized carbons (Fsp3) is 0.583. The third kappa shape index (κ3) is 2.92. The van der Waals surface area contributed by atoms with Gasteiger partial charge in [-0.05, 0) is 20.3 Å². The van der Waals surface area contributed by atoms with Crippen molar-refractivity contribution in [1.82, 2.24) is 10.2 Å². The molecule has 0 aromatic heterocycles. The third-order valence-electron chi connectivity index (χ3n) is 2.71. The van der Waals surface area contributed by atoms with Crippen LogP contribution in [0.3, 0.4) is 0 Å². The van der Waals surface area contributed by atoms with E-state index in [2.05, 4.69) is 5.32 Å². The van der Waals surface area contributed by atoms with Crippen molar-refractivity contribution in [3.63, 3.8) is 0 Å². The average Bonchev–Trinajstić information content (AvgIpc) is 2.40. The number of nitrogens with one attached hydrogen (secondary N) is 1. The lowest BCUT2D eigenvalue weighted by Crippen LogP contribution is -2.48. The molecule has 0 saturated carbocycles. The molecule has 0 amide bonds. The number of nitriles is 2. The molecule has 1 aliphatic heterocycles. The molecule has 0 spiro atoms. The second kappa shape index (κ2) is 6.51. The number of nitrogens with zero attached hydrogens (tertiary/aromatic N) is 3. The van der Waals surface area contributed by atoms with Gasteiger partial charge in [-0.2, -0.15) is 10.5 Å². The zero-order chi connectivity index (χ0) is 13.5. The summed E-state index contributed by atoms with van der Waals surface area (Å²) in [6.07, 6.45) is 0.845. The van der Waals surface area contributed by atoms with E-state index >= 15 is 0 Å². The van der Waals surface area contributed by atoms with Gasteiger partial charge in [-0.3, -0.25) is 0 Å². The quantitative estimate of drug-likeness (QED) is 0.577. The highest BCUT2D eigenvalue weighted by Gasteiger charge is 2.28. The number of allylic oxidation sites excluding steroid dienone is 1. The van der Waals surface area contributed by atoms with Crippen LogP contribution in [-0.2, 0) is 9.53 Å². The van der Waals surface area contributed by atoms with Gasteiger partial charge in [0.2, 0.25) is 0 Å². The van der Waals surface area contributed by atoms with Crippen LogP contribution in [0.4, 0.5) is 0 Å². The van der Waals surface area contributed by atoms with Gasteiger partial charge in [0.15, 0.2) is 5.57 Å². The molecule has 0 radical (unpaired) electrons. The Labute approximate surface area is 106 Å². The van der Waals surface area contributed by atoms with Gasteiger partial charge < -0.3 is 15.0 Å². The van der Waals surface area contributed by atoms with Crippen LogP contribution in [0.2, 0.25) is 0 Å². The lowest BCUT2D eigenvalue weighted by Gasteiger charge is -2.35. The van der Waals surface area contributed by atoms with E-state index < -0.39 is 6.04 Å². The third-order valence-corrected chi connectivity index (χ3v) is 2.71. The molecule has 1 atom stereocenters. The number of rotatable bonds is 3. The Morgan fingerprint density at radius 2 is 2.22 bits per heavy atom. The van der Waals surface area contributed by atoms with E-state index in [0.29, 0.717) is 25.5 Å². The highest BCUT2D eigenvalue weighted by Crippen LogP contribution is 2.16. The largest absolute Gasteiger partial charge is 0.464 e. The fourth-order valence-corrected chi connectivity index (χ4v) is 1.81. The van der Waals surface area contributed by atoms with Gasteiger partial charge in [0.1, 0.15) is 24.0 Å². The molecule has 1 fully saturated rings. The smallest absolute Gasteiger partial charge is 0.328 e. The number of hydrogen-bond donors (Lipinski definition) is 1. The van der Waals surface area contributed by atoms with Crippen molar-refractivity contribution < 1.29 is 9.53 Å². The summed E-state index contributed by atoms with van der Waals surface area (Å²) < 4.78 is 4.96. The number of carbonyl (C=O) groups excluding carboxylic acids is 1. The molecule has 1 heterocycles. The number of esters is 1. The predicted octanol–water partition coefficient (Wildman–Crippen LogP) is 0.492. The summed E-state index contributed by atoms with van der Waals surface area (Å²) in [6.45, 7) is 5.07. The summed E-state index contributed by atoms with van der Waals surface area (Å²) >= 11 is 0. The summed E-state index contributed by atoms with van der Waals surface area (Å²) in [5, 5.41) is 20.8. The minimum atomic E-state index is -0.510. The van der Waals surface area contributed by atoms with Gasteiger partial charge in [0.25, 0.3) is 0 Å². The molecule has 1 unspecified atom stereocenters. The topological polar surface area (TPSA) is 89.2 Å². The van der Waals surface area contributed by atoms with Crippen molar-refractivity contribution in [2.24, 2.45) is 0 Å². The molecular formula is C12H16N4O2. The van der Waals surface area contributed by atoms with Gasteiger partial charge in [-0.15, -0.1) is 0 Å². The molecule has 6 nitrogen and oxygen atoms in total. The van der Waals surface area contributed by atoms with Crippen LogP contribution in [0.25, 0.3) is 0 Å². The zero-order valence-electron chi connectivity index (χ0n) is 10.6. The maximum atomic E-state index is 11.7. The molecule has 0 bridgehead atoms. The Balaban J connectivity index is 2.98. The normalized spacial score (nSPS) is 16.0. The van der Waals surface area contributed by atoms with Crippen LogP contribution in [0, 0.1) is 22.7 Å². The summed E-state index contributed by atoms with van der Waals surface area (Å²) in [7, 11) is 0. The second-order valence-electron chi connectivity index (χ2n) is 3.85. The summed E-state index contributed by atoms with van der Waals surface area (Å²) in [5.74, 6) is 0.0701. The molecule has 1 N–H and O–H groups in total. The van der Waals surface area contributed by atoms with E-state index in [1.807, 2.05) is 12.1 Å². The van der Waals surface area contributed by atoms with Crippen molar-refractivity contribution in [1.29, 1.82) is 10.5 Å². The van der Waals surface area contributed by atoms with E-state index in [1.54, 1.807) is 18.7 Å². The van der Waals surface area contributed by atoms with Gasteiger partial charge in [-0.25, -0.2) is 4.79 Å². The van der Waals surface area contributed by atoms with Gasteiger partial charge in [0, 0.05) is 13.1 Å². The first kappa shape index (κ1) is 13.9. The standard InChI is InChI=1S/C12H16N4O2/c1-3-18-12(17)9(2)16-6-4-5-15-11(16)10(7-13)8-14/h9,15H,3-6H2,1-2H3. The monoisotopic (exact) mass is 248 g/mol. The first-order valence-corrected chi connectivity index (χ1v) is 5.87. The minimum Gasteiger partial charge on any atom is -0.464 e. The summed E-state index contributed by atoms with van der Waals surface area (Å²) in [5.41, 5.74) is -0.00847. The minimum absolute atomic E-state index is 0.00847. The number of carbonyl (C=O) groups is 1. The van der Waals surface area contributed by atoms with Gasteiger partial charge >= 0.3 is 5.97 Å². The Morgan fingerprint density at radius 3 is 2.78 bits per heavy atom. The van der Waals surface area contributed by atoms with Crippen molar-refractivity contribution in [3.8, 4) is 12.1 Å². The lowest BCUT2D eigenvalue weighted by atomic mass is 10.1. The van der Waals surface area contributed by atoms with Gasteiger partial charge in [-0.1, -0.05) is 0 Å². The molecule has 1 aliphatic rings. The number of ether oxygens (including phenoxy) is 1. The lowest BCUT2D eigenvalue weighted by molar-refractivity contribution is -0.148.